The van der Waals surface area contributed by atoms with Crippen molar-refractivity contribution in [1.82, 2.24) is 10.0 Å². The zero-order chi connectivity index (χ0) is 18.4. The lowest BCUT2D eigenvalue weighted by Crippen LogP contribution is -2.35. The number of hydrogen-bond acceptors (Lipinski definition) is 4. The molecule has 4 N–H and O–H groups in total. The smallest absolute Gasteiger partial charge is 0.223 e. The number of benzene rings is 1. The summed E-state index contributed by atoms with van der Waals surface area (Å²) < 4.78 is 26.9. The van der Waals surface area contributed by atoms with Crippen molar-refractivity contribution < 1.29 is 13.2 Å². The Hall–Kier alpha value is -1.44. The average molecular weight is 368 g/mol. The van der Waals surface area contributed by atoms with Crippen LogP contribution in [-0.4, -0.2) is 26.9 Å². The van der Waals surface area contributed by atoms with E-state index < -0.39 is 10.0 Å². The van der Waals surface area contributed by atoms with Crippen LogP contribution in [0.5, 0.6) is 0 Å². The molecule has 0 heterocycles. The Morgan fingerprint density at radius 2 is 1.92 bits per heavy atom. The van der Waals surface area contributed by atoms with Crippen molar-refractivity contribution in [1.29, 1.82) is 0 Å². The van der Waals surface area contributed by atoms with Crippen LogP contribution < -0.4 is 15.8 Å². The summed E-state index contributed by atoms with van der Waals surface area (Å²) in [5.41, 5.74) is 7.28. The SMILES string of the molecule is CC(C)NS(=O)(=O)Cc1ccccc1CNC(=O)[C@@H]1CCC[C@@H]1CN. The van der Waals surface area contributed by atoms with Crippen molar-refractivity contribution in [2.75, 3.05) is 6.54 Å². The van der Waals surface area contributed by atoms with E-state index in [0.29, 0.717) is 18.7 Å². The Labute approximate surface area is 150 Å². The van der Waals surface area contributed by atoms with Gasteiger partial charge in [-0.2, -0.15) is 0 Å². The third kappa shape index (κ3) is 5.80. The lowest BCUT2D eigenvalue weighted by Gasteiger charge is -2.18. The number of sulfonamides is 1. The molecule has 1 aromatic rings. The molecule has 1 saturated carbocycles. The summed E-state index contributed by atoms with van der Waals surface area (Å²) in [5.74, 6) is 0.159. The van der Waals surface area contributed by atoms with Crippen LogP contribution in [0, 0.1) is 11.8 Å². The third-order valence-electron chi connectivity index (χ3n) is 4.63. The van der Waals surface area contributed by atoms with Gasteiger partial charge >= 0.3 is 0 Å². The molecule has 2 atom stereocenters. The molecule has 1 aliphatic carbocycles. The fourth-order valence-corrected chi connectivity index (χ4v) is 4.95. The van der Waals surface area contributed by atoms with E-state index in [0.717, 1.165) is 24.8 Å². The van der Waals surface area contributed by atoms with Crippen LogP contribution in [-0.2, 0) is 27.1 Å². The highest BCUT2D eigenvalue weighted by Gasteiger charge is 2.31. The van der Waals surface area contributed by atoms with Gasteiger partial charge in [0.05, 0.1) is 5.75 Å². The van der Waals surface area contributed by atoms with Crippen LogP contribution in [0.1, 0.15) is 44.2 Å². The maximum Gasteiger partial charge on any atom is 0.223 e. The number of carbonyl (C=O) groups excluding carboxylic acids is 1. The monoisotopic (exact) mass is 367 g/mol. The molecule has 0 spiro atoms. The van der Waals surface area contributed by atoms with Crippen molar-refractivity contribution in [3.05, 3.63) is 35.4 Å². The van der Waals surface area contributed by atoms with E-state index in [-0.39, 0.29) is 29.5 Å². The summed E-state index contributed by atoms with van der Waals surface area (Å²) in [6, 6.07) is 7.17. The first-order valence-electron chi connectivity index (χ1n) is 8.87. The molecule has 140 valence electrons. The van der Waals surface area contributed by atoms with E-state index in [9.17, 15) is 13.2 Å². The maximum atomic E-state index is 12.4. The van der Waals surface area contributed by atoms with E-state index in [1.54, 1.807) is 19.9 Å². The van der Waals surface area contributed by atoms with Gasteiger partial charge in [-0.1, -0.05) is 30.7 Å². The number of nitrogens with one attached hydrogen (secondary N) is 2. The topological polar surface area (TPSA) is 101 Å². The van der Waals surface area contributed by atoms with Gasteiger partial charge in [0.25, 0.3) is 0 Å². The molecule has 1 aliphatic rings. The maximum absolute atomic E-state index is 12.4. The minimum absolute atomic E-state index is 0.0194. The van der Waals surface area contributed by atoms with Crippen LogP contribution in [0.4, 0.5) is 0 Å². The number of carbonyl (C=O) groups is 1. The molecule has 1 aromatic carbocycles. The van der Waals surface area contributed by atoms with Gasteiger partial charge in [-0.25, -0.2) is 13.1 Å². The third-order valence-corrected chi connectivity index (χ3v) is 6.15. The van der Waals surface area contributed by atoms with Gasteiger partial charge in [-0.15, -0.1) is 0 Å². The van der Waals surface area contributed by atoms with Crippen LogP contribution in [0.25, 0.3) is 0 Å². The highest BCUT2D eigenvalue weighted by molar-refractivity contribution is 7.88. The zero-order valence-corrected chi connectivity index (χ0v) is 15.8. The lowest BCUT2D eigenvalue weighted by atomic mass is 9.95. The summed E-state index contributed by atoms with van der Waals surface area (Å²) in [6.45, 7) is 4.45. The predicted molar refractivity (Wildman–Crippen MR) is 99.1 cm³/mol. The summed E-state index contributed by atoms with van der Waals surface area (Å²) in [5, 5.41) is 2.96. The summed E-state index contributed by atoms with van der Waals surface area (Å²) in [6.07, 6.45) is 2.92. The Kier molecular flexibility index (Phi) is 6.98. The molecule has 7 heteroatoms. The van der Waals surface area contributed by atoms with Crippen molar-refractivity contribution in [3.8, 4) is 0 Å². The highest BCUT2D eigenvalue weighted by Crippen LogP contribution is 2.31. The van der Waals surface area contributed by atoms with Crippen LogP contribution in [0.3, 0.4) is 0 Å². The van der Waals surface area contributed by atoms with E-state index in [1.807, 2.05) is 18.2 Å². The second-order valence-electron chi connectivity index (χ2n) is 7.05. The van der Waals surface area contributed by atoms with Gasteiger partial charge in [0, 0.05) is 18.5 Å². The largest absolute Gasteiger partial charge is 0.352 e. The van der Waals surface area contributed by atoms with Gasteiger partial charge in [-0.05, 0) is 50.3 Å². The molecule has 25 heavy (non-hydrogen) atoms. The van der Waals surface area contributed by atoms with Gasteiger partial charge in [-0.3, -0.25) is 4.79 Å². The molecule has 0 saturated heterocycles. The second-order valence-corrected chi connectivity index (χ2v) is 8.81. The Morgan fingerprint density at radius 3 is 2.56 bits per heavy atom. The fourth-order valence-electron chi connectivity index (χ4n) is 3.45. The molecule has 6 nitrogen and oxygen atoms in total. The number of nitrogens with two attached hydrogens (primary N) is 1. The summed E-state index contributed by atoms with van der Waals surface area (Å²) >= 11 is 0. The van der Waals surface area contributed by atoms with Crippen molar-refractivity contribution in [2.24, 2.45) is 17.6 Å². The van der Waals surface area contributed by atoms with E-state index in [1.165, 1.54) is 0 Å². The Bertz CT molecular complexity index is 689. The number of hydrogen-bond donors (Lipinski definition) is 3. The minimum Gasteiger partial charge on any atom is -0.352 e. The van der Waals surface area contributed by atoms with E-state index in [4.69, 9.17) is 5.73 Å². The second kappa shape index (κ2) is 8.78. The van der Waals surface area contributed by atoms with Crippen LogP contribution in [0.15, 0.2) is 24.3 Å². The summed E-state index contributed by atoms with van der Waals surface area (Å²) in [7, 11) is -3.40. The molecule has 0 radical (unpaired) electrons. The van der Waals surface area contributed by atoms with Crippen molar-refractivity contribution in [3.63, 3.8) is 0 Å². The van der Waals surface area contributed by atoms with E-state index in [2.05, 4.69) is 10.0 Å². The Morgan fingerprint density at radius 1 is 1.24 bits per heavy atom. The highest BCUT2D eigenvalue weighted by atomic mass is 32.2. The number of rotatable bonds is 8. The summed E-state index contributed by atoms with van der Waals surface area (Å²) in [4.78, 5) is 12.4. The Balaban J connectivity index is 2.02. The molecular formula is C18H29N3O3S. The van der Waals surface area contributed by atoms with Gasteiger partial charge in [0.1, 0.15) is 0 Å². The number of amides is 1. The molecule has 0 bridgehead atoms. The van der Waals surface area contributed by atoms with Crippen LogP contribution >= 0.6 is 0 Å². The van der Waals surface area contributed by atoms with Crippen LogP contribution in [0.2, 0.25) is 0 Å². The van der Waals surface area contributed by atoms with Gasteiger partial charge in [0.15, 0.2) is 0 Å². The molecule has 1 fully saturated rings. The minimum atomic E-state index is -3.40. The normalized spacial score (nSPS) is 20.8. The lowest BCUT2D eigenvalue weighted by molar-refractivity contribution is -0.126. The molecular weight excluding hydrogens is 338 g/mol. The first-order chi connectivity index (χ1) is 11.8. The quantitative estimate of drug-likeness (QED) is 0.648. The molecule has 1 amide bonds. The molecule has 0 unspecified atom stereocenters. The standard InChI is InChI=1S/C18H29N3O3S/c1-13(2)21-25(23,24)12-16-7-4-3-6-15(16)11-20-18(22)17-9-5-8-14(17)10-19/h3-4,6-7,13-14,17,21H,5,8-12,19H2,1-2H3,(H,20,22)/t14-,17-/m1/s1. The van der Waals surface area contributed by atoms with E-state index >= 15 is 0 Å². The first kappa shape index (κ1) is 19.9. The fraction of sp³-hybridized carbons (Fsp3) is 0.611. The van der Waals surface area contributed by atoms with Crippen molar-refractivity contribution >= 4 is 15.9 Å². The van der Waals surface area contributed by atoms with Crippen molar-refractivity contribution in [2.45, 2.75) is 51.4 Å². The predicted octanol–water partition coefficient (Wildman–Crippen LogP) is 1.51. The van der Waals surface area contributed by atoms with Gasteiger partial charge < -0.3 is 11.1 Å². The molecule has 0 aliphatic heterocycles. The van der Waals surface area contributed by atoms with Gasteiger partial charge in [0.2, 0.25) is 15.9 Å². The molecule has 2 rings (SSSR count). The first-order valence-corrected chi connectivity index (χ1v) is 10.5. The average Bonchev–Trinajstić information content (AvgIpc) is 3.00. The molecule has 0 aromatic heterocycles. The zero-order valence-electron chi connectivity index (χ0n) is 15.0.